The zero-order valence-corrected chi connectivity index (χ0v) is 13.3. The van der Waals surface area contributed by atoms with Crippen molar-refractivity contribution in [1.82, 2.24) is 14.7 Å². The van der Waals surface area contributed by atoms with Crippen LogP contribution in [0.2, 0.25) is 0 Å². The molecule has 0 aliphatic rings. The van der Waals surface area contributed by atoms with Crippen molar-refractivity contribution in [2.45, 2.75) is 34.6 Å². The van der Waals surface area contributed by atoms with E-state index in [9.17, 15) is 0 Å². The molecule has 104 valence electrons. The molecule has 2 rings (SSSR count). The first kappa shape index (κ1) is 14.3. The number of hydrogen-bond acceptors (Lipinski definition) is 3. The molecule has 0 aliphatic heterocycles. The van der Waals surface area contributed by atoms with Crippen molar-refractivity contribution >= 4 is 22.4 Å². The molecule has 0 radical (unpaired) electrons. The predicted octanol–water partition coefficient (Wildman–Crippen LogP) is 3.66. The van der Waals surface area contributed by atoms with E-state index in [1.807, 2.05) is 0 Å². The van der Waals surface area contributed by atoms with Gasteiger partial charge in [0.25, 0.3) is 0 Å². The second kappa shape index (κ2) is 5.88. The Morgan fingerprint density at radius 1 is 1.47 bits per heavy atom. The highest BCUT2D eigenvalue weighted by molar-refractivity contribution is 7.17. The quantitative estimate of drug-likeness (QED) is 0.903. The van der Waals surface area contributed by atoms with Gasteiger partial charge in [-0.25, -0.2) is 4.98 Å². The number of nitrogens with one attached hydrogen (secondary N) is 1. The molecule has 0 atom stereocenters. The number of hydrogen-bond donors (Lipinski definition) is 1. The summed E-state index contributed by atoms with van der Waals surface area (Å²) in [6, 6.07) is 0. The first-order valence-corrected chi connectivity index (χ1v) is 7.70. The molecule has 0 amide bonds. The van der Waals surface area contributed by atoms with Gasteiger partial charge in [-0.2, -0.15) is 0 Å². The number of aryl methyl sites for hydroxylation is 2. The predicted molar refractivity (Wildman–Crippen MR) is 83.9 cm³/mol. The summed E-state index contributed by atoms with van der Waals surface area (Å²) >= 11 is 1.75. The van der Waals surface area contributed by atoms with Gasteiger partial charge in [-0.1, -0.05) is 26.3 Å². The van der Waals surface area contributed by atoms with Gasteiger partial charge >= 0.3 is 0 Å². The van der Waals surface area contributed by atoms with Crippen molar-refractivity contribution in [1.29, 1.82) is 0 Å². The van der Waals surface area contributed by atoms with E-state index in [1.54, 1.807) is 11.3 Å². The molecular formula is C15H23N3S. The van der Waals surface area contributed by atoms with Gasteiger partial charge in [0.2, 0.25) is 0 Å². The molecule has 0 saturated carbocycles. The highest BCUT2D eigenvalue weighted by Gasteiger charge is 2.11. The van der Waals surface area contributed by atoms with Crippen LogP contribution in [0, 0.1) is 19.8 Å². The molecule has 2 aromatic heterocycles. The van der Waals surface area contributed by atoms with E-state index < -0.39 is 0 Å². The zero-order chi connectivity index (χ0) is 14.0. The number of thiazole rings is 1. The maximum atomic E-state index is 4.64. The molecule has 0 saturated heterocycles. The van der Waals surface area contributed by atoms with Gasteiger partial charge in [-0.15, -0.1) is 11.3 Å². The van der Waals surface area contributed by atoms with E-state index in [0.717, 1.165) is 23.7 Å². The molecule has 0 aliphatic carbocycles. The largest absolute Gasteiger partial charge is 0.313 e. The SMILES string of the molecule is CCNCC(=Cc1c(C)nc2sc(C)cn12)C(C)C. The molecule has 0 unspecified atom stereocenters. The monoisotopic (exact) mass is 277 g/mol. The third-order valence-electron chi connectivity index (χ3n) is 3.31. The van der Waals surface area contributed by atoms with E-state index in [4.69, 9.17) is 0 Å². The summed E-state index contributed by atoms with van der Waals surface area (Å²) in [5.41, 5.74) is 3.76. The molecule has 0 bridgehead atoms. The topological polar surface area (TPSA) is 29.3 Å². The summed E-state index contributed by atoms with van der Waals surface area (Å²) in [7, 11) is 0. The molecule has 0 fully saturated rings. The standard InChI is InChI=1S/C15H23N3S/c1-6-16-8-13(10(2)3)7-14-12(5)17-15-18(14)9-11(4)19-15/h7,9-10,16H,6,8H2,1-5H3. The zero-order valence-electron chi connectivity index (χ0n) is 12.4. The molecule has 3 nitrogen and oxygen atoms in total. The lowest BCUT2D eigenvalue weighted by Gasteiger charge is -2.12. The summed E-state index contributed by atoms with van der Waals surface area (Å²) in [5.74, 6) is 0.545. The molecule has 19 heavy (non-hydrogen) atoms. The van der Waals surface area contributed by atoms with Crippen LogP contribution in [0.5, 0.6) is 0 Å². The summed E-state index contributed by atoms with van der Waals surface area (Å²) in [6.45, 7) is 12.8. The minimum absolute atomic E-state index is 0.545. The van der Waals surface area contributed by atoms with Crippen LogP contribution in [0.4, 0.5) is 0 Å². The first-order chi connectivity index (χ1) is 9.02. The lowest BCUT2D eigenvalue weighted by atomic mass is 10.0. The van der Waals surface area contributed by atoms with E-state index in [2.05, 4.69) is 61.6 Å². The second-order valence-corrected chi connectivity index (χ2v) is 6.44. The van der Waals surface area contributed by atoms with Gasteiger partial charge in [0.15, 0.2) is 4.96 Å². The molecule has 4 heteroatoms. The van der Waals surface area contributed by atoms with Crippen LogP contribution < -0.4 is 5.32 Å². The molecule has 0 spiro atoms. The number of nitrogens with zero attached hydrogens (tertiary/aromatic N) is 2. The Hall–Kier alpha value is -1.13. The van der Waals surface area contributed by atoms with Gasteiger partial charge in [0.05, 0.1) is 11.4 Å². The van der Waals surface area contributed by atoms with Crippen molar-refractivity contribution in [2.75, 3.05) is 13.1 Å². The average molecular weight is 277 g/mol. The minimum atomic E-state index is 0.545. The third kappa shape index (κ3) is 3.07. The lowest BCUT2D eigenvalue weighted by Crippen LogP contribution is -2.18. The molecule has 1 N–H and O–H groups in total. The van der Waals surface area contributed by atoms with Crippen LogP contribution in [-0.4, -0.2) is 22.5 Å². The molecule has 0 aromatic carbocycles. The van der Waals surface area contributed by atoms with E-state index in [-0.39, 0.29) is 0 Å². The number of fused-ring (bicyclic) bond motifs is 1. The minimum Gasteiger partial charge on any atom is -0.313 e. The number of imidazole rings is 1. The van der Waals surface area contributed by atoms with Gasteiger partial charge in [-0.05, 0) is 32.4 Å². The van der Waals surface area contributed by atoms with Crippen molar-refractivity contribution in [3.63, 3.8) is 0 Å². The number of rotatable bonds is 5. The maximum absolute atomic E-state index is 4.64. The van der Waals surface area contributed by atoms with Gasteiger partial charge in [-0.3, -0.25) is 4.40 Å². The smallest absolute Gasteiger partial charge is 0.194 e. The van der Waals surface area contributed by atoms with E-state index >= 15 is 0 Å². The summed E-state index contributed by atoms with van der Waals surface area (Å²) in [5, 5.41) is 3.42. The number of aromatic nitrogens is 2. The van der Waals surface area contributed by atoms with Gasteiger partial charge < -0.3 is 5.32 Å². The average Bonchev–Trinajstić information content (AvgIpc) is 2.81. The maximum Gasteiger partial charge on any atom is 0.194 e. The Morgan fingerprint density at radius 3 is 2.84 bits per heavy atom. The Morgan fingerprint density at radius 2 is 2.21 bits per heavy atom. The fourth-order valence-corrected chi connectivity index (χ4v) is 3.00. The summed E-state index contributed by atoms with van der Waals surface area (Å²) < 4.78 is 2.21. The van der Waals surface area contributed by atoms with E-state index in [1.165, 1.54) is 16.1 Å². The Bertz CT molecular complexity index is 590. The summed E-state index contributed by atoms with van der Waals surface area (Å²) in [4.78, 5) is 7.03. The highest BCUT2D eigenvalue weighted by Crippen LogP contribution is 2.23. The van der Waals surface area contributed by atoms with Gasteiger partial charge in [0.1, 0.15) is 0 Å². The fourth-order valence-electron chi connectivity index (χ4n) is 2.12. The Balaban J connectivity index is 2.43. The van der Waals surface area contributed by atoms with Crippen LogP contribution in [0.1, 0.15) is 37.0 Å². The van der Waals surface area contributed by atoms with Crippen LogP contribution in [-0.2, 0) is 0 Å². The van der Waals surface area contributed by atoms with Crippen LogP contribution >= 0.6 is 11.3 Å². The van der Waals surface area contributed by atoms with Crippen molar-refractivity contribution in [3.8, 4) is 0 Å². The first-order valence-electron chi connectivity index (χ1n) is 6.89. The highest BCUT2D eigenvalue weighted by atomic mass is 32.1. The van der Waals surface area contributed by atoms with Crippen LogP contribution in [0.3, 0.4) is 0 Å². The van der Waals surface area contributed by atoms with Crippen LogP contribution in [0.25, 0.3) is 11.0 Å². The van der Waals surface area contributed by atoms with Crippen molar-refractivity contribution in [2.24, 2.45) is 5.92 Å². The van der Waals surface area contributed by atoms with Crippen molar-refractivity contribution < 1.29 is 0 Å². The second-order valence-electron chi connectivity index (χ2n) is 5.23. The fraction of sp³-hybridized carbons (Fsp3) is 0.533. The Kier molecular flexibility index (Phi) is 4.42. The third-order valence-corrected chi connectivity index (χ3v) is 4.20. The summed E-state index contributed by atoms with van der Waals surface area (Å²) in [6.07, 6.45) is 4.48. The molecular weight excluding hydrogens is 254 g/mol. The lowest BCUT2D eigenvalue weighted by molar-refractivity contribution is 0.682. The normalized spacial score (nSPS) is 12.8. The van der Waals surface area contributed by atoms with Crippen molar-refractivity contribution in [3.05, 3.63) is 28.0 Å². The Labute approximate surface area is 119 Å². The van der Waals surface area contributed by atoms with E-state index in [0.29, 0.717) is 5.92 Å². The molecule has 2 heterocycles. The molecule has 2 aromatic rings. The van der Waals surface area contributed by atoms with Gasteiger partial charge in [0, 0.05) is 17.6 Å². The number of likely N-dealkylation sites (N-methyl/N-ethyl adjacent to an activating group) is 1. The van der Waals surface area contributed by atoms with Crippen LogP contribution in [0.15, 0.2) is 11.8 Å².